The van der Waals surface area contributed by atoms with Gasteiger partial charge < -0.3 is 4.74 Å². The molecule has 2 heterocycles. The van der Waals surface area contributed by atoms with Gasteiger partial charge in [-0.15, -0.1) is 0 Å². The number of aromatic nitrogens is 3. The third-order valence-corrected chi connectivity index (χ3v) is 3.13. The first kappa shape index (κ1) is 15.4. The molecule has 0 aliphatic carbocycles. The Morgan fingerprint density at radius 2 is 2.14 bits per heavy atom. The van der Waals surface area contributed by atoms with Crippen LogP contribution in [0.1, 0.15) is 36.3 Å². The summed E-state index contributed by atoms with van der Waals surface area (Å²) in [5.74, 6) is 0.0108. The van der Waals surface area contributed by atoms with Crippen molar-refractivity contribution >= 4 is 17.6 Å². The summed E-state index contributed by atoms with van der Waals surface area (Å²) >= 11 is 6.11. The first-order valence-electron chi connectivity index (χ1n) is 6.81. The number of nitrogens with zero attached hydrogens (tertiary/aromatic N) is 3. The van der Waals surface area contributed by atoms with Crippen molar-refractivity contribution in [3.8, 4) is 11.5 Å². The molecule has 0 aliphatic heterocycles. The molecule has 110 valence electrons. The lowest BCUT2D eigenvalue weighted by molar-refractivity contribution is 0.0524. The van der Waals surface area contributed by atoms with E-state index in [4.69, 9.17) is 16.3 Å². The molecular formula is C15H16ClN3O2. The molecule has 0 spiro atoms. The topological polar surface area (TPSA) is 65.0 Å². The molecule has 2 rings (SSSR count). The molecule has 0 unspecified atom stereocenters. The first-order chi connectivity index (χ1) is 10.2. The minimum Gasteiger partial charge on any atom is -0.462 e. The zero-order chi connectivity index (χ0) is 15.2. The SMILES string of the molecule is CCCc1nc(-c2ncccc2Cl)ncc1C(=O)OCC. The van der Waals surface area contributed by atoms with E-state index in [2.05, 4.69) is 15.0 Å². The lowest BCUT2D eigenvalue weighted by Crippen LogP contribution is -2.11. The van der Waals surface area contributed by atoms with Crippen LogP contribution in [0.4, 0.5) is 0 Å². The number of carbonyl (C=O) groups excluding carboxylic acids is 1. The molecule has 0 N–H and O–H groups in total. The second-order valence-electron chi connectivity index (χ2n) is 4.36. The maximum absolute atomic E-state index is 11.9. The van der Waals surface area contributed by atoms with E-state index in [9.17, 15) is 4.79 Å². The van der Waals surface area contributed by atoms with Crippen molar-refractivity contribution in [1.82, 2.24) is 15.0 Å². The number of carbonyl (C=O) groups is 1. The maximum Gasteiger partial charge on any atom is 0.341 e. The molecule has 0 amide bonds. The number of esters is 1. The van der Waals surface area contributed by atoms with Gasteiger partial charge >= 0.3 is 5.97 Å². The predicted molar refractivity (Wildman–Crippen MR) is 80.2 cm³/mol. The summed E-state index contributed by atoms with van der Waals surface area (Å²) in [6.07, 6.45) is 4.63. The predicted octanol–water partition coefficient (Wildman–Crippen LogP) is 3.32. The van der Waals surface area contributed by atoms with E-state index in [1.54, 1.807) is 25.3 Å². The van der Waals surface area contributed by atoms with Gasteiger partial charge in [0.05, 0.1) is 22.9 Å². The quantitative estimate of drug-likeness (QED) is 0.793. The molecule has 0 fully saturated rings. The van der Waals surface area contributed by atoms with Gasteiger partial charge in [0, 0.05) is 12.4 Å². The summed E-state index contributed by atoms with van der Waals surface area (Å²) in [5, 5.41) is 0.476. The summed E-state index contributed by atoms with van der Waals surface area (Å²) in [5.41, 5.74) is 1.56. The van der Waals surface area contributed by atoms with E-state index < -0.39 is 5.97 Å². The molecule has 0 aromatic carbocycles. The fourth-order valence-electron chi connectivity index (χ4n) is 1.89. The highest BCUT2D eigenvalue weighted by molar-refractivity contribution is 6.32. The number of hydrogen-bond donors (Lipinski definition) is 0. The van der Waals surface area contributed by atoms with Crippen LogP contribution in [-0.2, 0) is 11.2 Å². The Morgan fingerprint density at radius 1 is 1.33 bits per heavy atom. The third kappa shape index (κ3) is 3.55. The molecule has 0 radical (unpaired) electrons. The number of halogens is 1. The van der Waals surface area contributed by atoms with Crippen LogP contribution in [0.5, 0.6) is 0 Å². The summed E-state index contributed by atoms with van der Waals surface area (Å²) in [7, 11) is 0. The molecular weight excluding hydrogens is 290 g/mol. The Balaban J connectivity index is 2.45. The average Bonchev–Trinajstić information content (AvgIpc) is 2.48. The molecule has 0 saturated heterocycles. The lowest BCUT2D eigenvalue weighted by atomic mass is 10.1. The first-order valence-corrected chi connectivity index (χ1v) is 7.19. The zero-order valence-corrected chi connectivity index (χ0v) is 12.7. The van der Waals surface area contributed by atoms with Crippen LogP contribution in [0.2, 0.25) is 5.02 Å². The van der Waals surface area contributed by atoms with E-state index in [1.165, 1.54) is 6.20 Å². The zero-order valence-electron chi connectivity index (χ0n) is 12.0. The fraction of sp³-hybridized carbons (Fsp3) is 0.333. The molecule has 21 heavy (non-hydrogen) atoms. The van der Waals surface area contributed by atoms with Crippen LogP contribution < -0.4 is 0 Å². The monoisotopic (exact) mass is 305 g/mol. The summed E-state index contributed by atoms with van der Waals surface area (Å²) in [6.45, 7) is 4.10. The minimum absolute atomic E-state index is 0.318. The van der Waals surface area contributed by atoms with E-state index in [0.29, 0.717) is 40.8 Å². The smallest absolute Gasteiger partial charge is 0.341 e. The van der Waals surface area contributed by atoms with Crippen molar-refractivity contribution in [3.05, 3.63) is 40.8 Å². The van der Waals surface area contributed by atoms with Gasteiger partial charge in [-0.05, 0) is 25.5 Å². The van der Waals surface area contributed by atoms with E-state index >= 15 is 0 Å². The molecule has 0 bridgehead atoms. The number of rotatable bonds is 5. The summed E-state index contributed by atoms with van der Waals surface area (Å²) in [6, 6.07) is 3.47. The molecule has 2 aromatic heterocycles. The van der Waals surface area contributed by atoms with Crippen molar-refractivity contribution in [2.24, 2.45) is 0 Å². The Hall–Kier alpha value is -2.01. The van der Waals surface area contributed by atoms with Gasteiger partial charge in [0.2, 0.25) is 0 Å². The van der Waals surface area contributed by atoms with E-state index in [-0.39, 0.29) is 0 Å². The Morgan fingerprint density at radius 3 is 2.81 bits per heavy atom. The highest BCUT2D eigenvalue weighted by Crippen LogP contribution is 2.23. The number of ether oxygens (including phenoxy) is 1. The van der Waals surface area contributed by atoms with Gasteiger partial charge in [0.15, 0.2) is 5.82 Å². The molecule has 6 heteroatoms. The van der Waals surface area contributed by atoms with Crippen LogP contribution in [0.3, 0.4) is 0 Å². The van der Waals surface area contributed by atoms with Crippen molar-refractivity contribution in [2.75, 3.05) is 6.61 Å². The van der Waals surface area contributed by atoms with Gasteiger partial charge in [-0.1, -0.05) is 24.9 Å². The van der Waals surface area contributed by atoms with E-state index in [1.807, 2.05) is 6.92 Å². The molecule has 2 aromatic rings. The molecule has 0 saturated carbocycles. The number of pyridine rings is 1. The van der Waals surface area contributed by atoms with Crippen LogP contribution in [0, 0.1) is 0 Å². The Bertz CT molecular complexity index is 647. The van der Waals surface area contributed by atoms with Gasteiger partial charge in [0.1, 0.15) is 5.69 Å². The summed E-state index contributed by atoms with van der Waals surface area (Å²) in [4.78, 5) is 24.7. The molecule has 0 aliphatic rings. The normalized spacial score (nSPS) is 10.4. The van der Waals surface area contributed by atoms with Gasteiger partial charge in [-0.25, -0.2) is 14.8 Å². The lowest BCUT2D eigenvalue weighted by Gasteiger charge is -2.09. The second kappa shape index (κ2) is 7.13. The van der Waals surface area contributed by atoms with Crippen LogP contribution in [0.15, 0.2) is 24.5 Å². The minimum atomic E-state index is -0.403. The Labute approximate surface area is 128 Å². The maximum atomic E-state index is 11.9. The number of hydrogen-bond acceptors (Lipinski definition) is 5. The highest BCUT2D eigenvalue weighted by atomic mass is 35.5. The fourth-order valence-corrected chi connectivity index (χ4v) is 2.09. The summed E-state index contributed by atoms with van der Waals surface area (Å²) < 4.78 is 5.02. The van der Waals surface area contributed by atoms with Crippen LogP contribution in [0.25, 0.3) is 11.5 Å². The molecule has 0 atom stereocenters. The van der Waals surface area contributed by atoms with Crippen molar-refractivity contribution < 1.29 is 9.53 Å². The number of aryl methyl sites for hydroxylation is 1. The van der Waals surface area contributed by atoms with Crippen molar-refractivity contribution in [3.63, 3.8) is 0 Å². The standard InChI is InChI=1S/C15H16ClN3O2/c1-3-6-12-10(15(20)21-4-2)9-18-14(19-12)13-11(16)7-5-8-17-13/h5,7-9H,3-4,6H2,1-2H3. The van der Waals surface area contributed by atoms with Gasteiger partial charge in [-0.3, -0.25) is 4.98 Å². The van der Waals surface area contributed by atoms with Crippen LogP contribution in [-0.4, -0.2) is 27.5 Å². The molecule has 5 nitrogen and oxygen atoms in total. The van der Waals surface area contributed by atoms with Gasteiger partial charge in [0.25, 0.3) is 0 Å². The Kier molecular flexibility index (Phi) is 5.22. The highest BCUT2D eigenvalue weighted by Gasteiger charge is 2.17. The second-order valence-corrected chi connectivity index (χ2v) is 4.77. The largest absolute Gasteiger partial charge is 0.462 e. The third-order valence-electron chi connectivity index (χ3n) is 2.82. The van der Waals surface area contributed by atoms with Crippen molar-refractivity contribution in [1.29, 1.82) is 0 Å². The van der Waals surface area contributed by atoms with E-state index in [0.717, 1.165) is 6.42 Å². The van der Waals surface area contributed by atoms with Crippen LogP contribution >= 0.6 is 11.6 Å². The van der Waals surface area contributed by atoms with Gasteiger partial charge in [-0.2, -0.15) is 0 Å². The van der Waals surface area contributed by atoms with Crippen molar-refractivity contribution in [2.45, 2.75) is 26.7 Å². The average molecular weight is 306 g/mol.